The third-order valence-electron chi connectivity index (χ3n) is 4.78. The van der Waals surface area contributed by atoms with Crippen LogP contribution in [0.4, 0.5) is 0 Å². The highest BCUT2D eigenvalue weighted by Crippen LogP contribution is 2.37. The van der Waals surface area contributed by atoms with Crippen LogP contribution in [0.2, 0.25) is 0 Å². The van der Waals surface area contributed by atoms with E-state index in [-0.39, 0.29) is 0 Å². The van der Waals surface area contributed by atoms with E-state index in [4.69, 9.17) is 4.42 Å². The number of hydrogen-bond donors (Lipinski definition) is 0. The predicted molar refractivity (Wildman–Crippen MR) is 96.0 cm³/mol. The Morgan fingerprint density at radius 3 is 2.67 bits per heavy atom. The van der Waals surface area contributed by atoms with Gasteiger partial charge >= 0.3 is 0 Å². The maximum absolute atomic E-state index is 6.27. The van der Waals surface area contributed by atoms with Gasteiger partial charge in [0.05, 0.1) is 18.8 Å². The summed E-state index contributed by atoms with van der Waals surface area (Å²) in [6.07, 6.45) is 4.18. The highest BCUT2D eigenvalue weighted by atomic mass is 16.3. The van der Waals surface area contributed by atoms with E-state index in [0.29, 0.717) is 0 Å². The van der Waals surface area contributed by atoms with Gasteiger partial charge in [-0.15, -0.1) is 0 Å². The topological polar surface area (TPSA) is 21.4 Å². The number of imidazole rings is 1. The number of benzene rings is 2. The Bertz CT molecular complexity index is 1230. The standard InChI is InChI=1S/C21H17N2O/c1-14-10-11-16-15-7-3-4-9-18(15)24-21(16)19(14)20-17-8-5-6-12-23(17)13-22(20)2/h3-13H,1-2H3/q+1. The lowest BCUT2D eigenvalue weighted by Gasteiger charge is -2.04. The van der Waals surface area contributed by atoms with E-state index < -0.39 is 0 Å². The van der Waals surface area contributed by atoms with Crippen molar-refractivity contribution in [2.24, 2.45) is 7.05 Å². The number of fused-ring (bicyclic) bond motifs is 4. The molecule has 2 aromatic carbocycles. The van der Waals surface area contributed by atoms with Gasteiger partial charge in [-0.1, -0.05) is 36.4 Å². The van der Waals surface area contributed by atoms with E-state index in [1.807, 2.05) is 18.2 Å². The quantitative estimate of drug-likeness (QED) is 0.413. The second kappa shape index (κ2) is 4.71. The fourth-order valence-corrected chi connectivity index (χ4v) is 3.67. The van der Waals surface area contributed by atoms with Crippen molar-refractivity contribution in [2.45, 2.75) is 6.92 Å². The summed E-state index contributed by atoms with van der Waals surface area (Å²) in [5.41, 5.74) is 6.64. The molecule has 0 aliphatic carbocycles. The van der Waals surface area contributed by atoms with Gasteiger partial charge in [-0.25, -0.2) is 8.97 Å². The molecule has 3 nitrogen and oxygen atoms in total. The molecule has 0 unspecified atom stereocenters. The zero-order valence-electron chi connectivity index (χ0n) is 13.7. The number of para-hydroxylation sites is 1. The molecule has 0 saturated carbocycles. The maximum atomic E-state index is 6.27. The van der Waals surface area contributed by atoms with Crippen LogP contribution in [0.5, 0.6) is 0 Å². The van der Waals surface area contributed by atoms with Crippen molar-refractivity contribution in [2.75, 3.05) is 0 Å². The van der Waals surface area contributed by atoms with Crippen LogP contribution in [0.25, 0.3) is 38.7 Å². The highest BCUT2D eigenvalue weighted by molar-refractivity contribution is 6.10. The number of furan rings is 1. The molecule has 0 saturated heterocycles. The molecule has 0 atom stereocenters. The summed E-state index contributed by atoms with van der Waals surface area (Å²) in [7, 11) is 2.09. The average molecular weight is 313 g/mol. The molecule has 24 heavy (non-hydrogen) atoms. The first-order valence-electron chi connectivity index (χ1n) is 8.10. The van der Waals surface area contributed by atoms with Gasteiger partial charge in [0.15, 0.2) is 11.2 Å². The Labute approximate surface area is 139 Å². The van der Waals surface area contributed by atoms with Crippen LogP contribution < -0.4 is 4.57 Å². The molecule has 0 aliphatic rings. The Balaban J connectivity index is 1.98. The number of nitrogens with zero attached hydrogens (tertiary/aromatic N) is 2. The third kappa shape index (κ3) is 1.69. The Morgan fingerprint density at radius 2 is 1.75 bits per heavy atom. The van der Waals surface area contributed by atoms with Crippen molar-refractivity contribution in [3.8, 4) is 11.3 Å². The van der Waals surface area contributed by atoms with Crippen molar-refractivity contribution in [3.63, 3.8) is 0 Å². The first kappa shape index (κ1) is 13.4. The molecule has 0 aliphatic heterocycles. The van der Waals surface area contributed by atoms with Gasteiger partial charge in [0, 0.05) is 10.8 Å². The lowest BCUT2D eigenvalue weighted by Crippen LogP contribution is -2.27. The van der Waals surface area contributed by atoms with Crippen LogP contribution in [-0.4, -0.2) is 4.40 Å². The summed E-state index contributed by atoms with van der Waals surface area (Å²) in [4.78, 5) is 0. The first-order valence-corrected chi connectivity index (χ1v) is 8.10. The minimum absolute atomic E-state index is 0.936. The molecule has 5 aromatic rings. The van der Waals surface area contributed by atoms with Crippen LogP contribution in [0.3, 0.4) is 0 Å². The van der Waals surface area contributed by atoms with E-state index in [1.54, 1.807) is 0 Å². The summed E-state index contributed by atoms with van der Waals surface area (Å²) >= 11 is 0. The zero-order chi connectivity index (χ0) is 16.3. The fourth-order valence-electron chi connectivity index (χ4n) is 3.67. The van der Waals surface area contributed by atoms with Crippen LogP contribution >= 0.6 is 0 Å². The number of pyridine rings is 1. The molecule has 0 N–H and O–H groups in total. The van der Waals surface area contributed by atoms with E-state index in [1.165, 1.54) is 33.1 Å². The van der Waals surface area contributed by atoms with Gasteiger partial charge in [0.1, 0.15) is 11.2 Å². The molecule has 116 valence electrons. The number of rotatable bonds is 1. The van der Waals surface area contributed by atoms with Crippen molar-refractivity contribution < 1.29 is 8.98 Å². The van der Waals surface area contributed by atoms with Gasteiger partial charge in [-0.3, -0.25) is 0 Å². The summed E-state index contributed by atoms with van der Waals surface area (Å²) in [6, 6.07) is 18.9. The van der Waals surface area contributed by atoms with E-state index >= 15 is 0 Å². The monoisotopic (exact) mass is 313 g/mol. The molecule has 0 spiro atoms. The smallest absolute Gasteiger partial charge is 0.249 e. The van der Waals surface area contributed by atoms with Crippen LogP contribution in [-0.2, 0) is 7.05 Å². The van der Waals surface area contributed by atoms with Crippen molar-refractivity contribution in [1.82, 2.24) is 4.40 Å². The summed E-state index contributed by atoms with van der Waals surface area (Å²) in [5.74, 6) is 0. The van der Waals surface area contributed by atoms with E-state index in [9.17, 15) is 0 Å². The maximum Gasteiger partial charge on any atom is 0.249 e. The lowest BCUT2D eigenvalue weighted by atomic mass is 10.0. The molecule has 5 rings (SSSR count). The number of hydrogen-bond acceptors (Lipinski definition) is 1. The van der Waals surface area contributed by atoms with Gasteiger partial charge in [0.2, 0.25) is 6.33 Å². The summed E-state index contributed by atoms with van der Waals surface area (Å²) in [6.45, 7) is 2.15. The van der Waals surface area contributed by atoms with E-state index in [0.717, 1.165) is 11.2 Å². The van der Waals surface area contributed by atoms with E-state index in [2.05, 4.69) is 71.9 Å². The van der Waals surface area contributed by atoms with Crippen LogP contribution in [0.15, 0.2) is 71.5 Å². The van der Waals surface area contributed by atoms with Crippen LogP contribution in [0, 0.1) is 6.92 Å². The Morgan fingerprint density at radius 1 is 0.917 bits per heavy atom. The largest absolute Gasteiger partial charge is 0.455 e. The molecular formula is C21H17N2O+. The zero-order valence-corrected chi connectivity index (χ0v) is 13.7. The van der Waals surface area contributed by atoms with Gasteiger partial charge < -0.3 is 4.42 Å². The molecule has 0 amide bonds. The molecule has 3 aromatic heterocycles. The Kier molecular flexibility index (Phi) is 2.63. The first-order chi connectivity index (χ1) is 11.7. The molecular weight excluding hydrogens is 296 g/mol. The minimum atomic E-state index is 0.936. The molecule has 0 radical (unpaired) electrons. The minimum Gasteiger partial charge on any atom is -0.455 e. The third-order valence-corrected chi connectivity index (χ3v) is 4.78. The number of aromatic nitrogens is 2. The van der Waals surface area contributed by atoms with Crippen molar-refractivity contribution in [3.05, 3.63) is 72.7 Å². The predicted octanol–water partition coefficient (Wildman–Crippen LogP) is 4.64. The van der Waals surface area contributed by atoms with Crippen molar-refractivity contribution >= 4 is 27.5 Å². The summed E-state index contributed by atoms with van der Waals surface area (Å²) in [5, 5.41) is 2.33. The van der Waals surface area contributed by atoms with Gasteiger partial charge in [-0.05, 0) is 30.7 Å². The fraction of sp³-hybridized carbons (Fsp3) is 0.0952. The second-order valence-corrected chi connectivity index (χ2v) is 6.30. The second-order valence-electron chi connectivity index (χ2n) is 6.30. The summed E-state index contributed by atoms with van der Waals surface area (Å²) < 4.78 is 10.6. The molecule has 3 heterocycles. The SMILES string of the molecule is Cc1ccc2c(oc3ccccc32)c1-c1c2ccccn2c[n+]1C. The van der Waals surface area contributed by atoms with Gasteiger partial charge in [0.25, 0.3) is 0 Å². The number of aryl methyl sites for hydroxylation is 2. The van der Waals surface area contributed by atoms with Crippen LogP contribution in [0.1, 0.15) is 5.56 Å². The normalized spacial score (nSPS) is 11.8. The Hall–Kier alpha value is -3.07. The van der Waals surface area contributed by atoms with Crippen molar-refractivity contribution in [1.29, 1.82) is 0 Å². The van der Waals surface area contributed by atoms with Gasteiger partial charge in [-0.2, -0.15) is 0 Å². The highest BCUT2D eigenvalue weighted by Gasteiger charge is 2.23. The molecule has 0 fully saturated rings. The molecule has 0 bridgehead atoms. The molecule has 3 heteroatoms. The lowest BCUT2D eigenvalue weighted by molar-refractivity contribution is -0.659. The average Bonchev–Trinajstić information content (AvgIpc) is 3.12.